The Morgan fingerprint density at radius 2 is 1.61 bits per heavy atom. The van der Waals surface area contributed by atoms with E-state index in [1.807, 2.05) is 0 Å². The topological polar surface area (TPSA) is 46.2 Å². The number of aliphatic hydroxyl groups is 1. The van der Waals surface area contributed by atoms with Crippen molar-refractivity contribution < 1.29 is 13.9 Å². The third-order valence-electron chi connectivity index (χ3n) is 3.52. The molecule has 1 aliphatic carbocycles. The maximum atomic E-state index is 13.1. The molecule has 2 nitrogen and oxygen atoms in total. The van der Waals surface area contributed by atoms with Gasteiger partial charge in [-0.1, -0.05) is 12.8 Å². The molecular formula is C13H18ClF2NO. The van der Waals surface area contributed by atoms with Crippen LogP contribution in [0.25, 0.3) is 0 Å². The lowest BCUT2D eigenvalue weighted by Gasteiger charge is -2.24. The summed E-state index contributed by atoms with van der Waals surface area (Å²) < 4.78 is 26.1. The molecule has 0 bridgehead atoms. The van der Waals surface area contributed by atoms with E-state index < -0.39 is 23.8 Å². The second-order valence-corrected chi connectivity index (χ2v) is 4.76. The smallest absolute Gasteiger partial charge is 0.126 e. The summed E-state index contributed by atoms with van der Waals surface area (Å²) in [6, 6.07) is 2.46. The molecule has 0 spiro atoms. The molecule has 0 saturated heterocycles. The SMILES string of the molecule is Cl.N[C@H](c1cc(F)cc(F)c1)[C@@H](O)C1CCCC1. The van der Waals surface area contributed by atoms with Crippen LogP contribution in [0.2, 0.25) is 0 Å². The van der Waals surface area contributed by atoms with E-state index in [0.717, 1.165) is 31.7 Å². The summed E-state index contributed by atoms with van der Waals surface area (Å²) >= 11 is 0. The number of aliphatic hydroxyl groups excluding tert-OH is 1. The lowest BCUT2D eigenvalue weighted by Crippen LogP contribution is -2.32. The van der Waals surface area contributed by atoms with Gasteiger partial charge in [0.25, 0.3) is 0 Å². The van der Waals surface area contributed by atoms with Crippen molar-refractivity contribution in [2.75, 3.05) is 0 Å². The van der Waals surface area contributed by atoms with Gasteiger partial charge in [-0.2, -0.15) is 0 Å². The molecule has 0 radical (unpaired) electrons. The lowest BCUT2D eigenvalue weighted by molar-refractivity contribution is 0.0843. The predicted octanol–water partition coefficient (Wildman–Crippen LogP) is 2.94. The molecule has 0 heterocycles. The maximum absolute atomic E-state index is 13.1. The number of rotatable bonds is 3. The van der Waals surface area contributed by atoms with Crippen LogP contribution < -0.4 is 5.73 Å². The Kier molecular flexibility index (Phi) is 5.50. The van der Waals surface area contributed by atoms with E-state index in [9.17, 15) is 13.9 Å². The van der Waals surface area contributed by atoms with Crippen LogP contribution in [0, 0.1) is 17.6 Å². The highest BCUT2D eigenvalue weighted by Crippen LogP contribution is 2.32. The minimum atomic E-state index is -0.723. The van der Waals surface area contributed by atoms with Crippen molar-refractivity contribution in [2.24, 2.45) is 11.7 Å². The number of hydrogen-bond donors (Lipinski definition) is 2. The van der Waals surface area contributed by atoms with E-state index in [1.165, 1.54) is 12.1 Å². The van der Waals surface area contributed by atoms with Crippen molar-refractivity contribution in [2.45, 2.75) is 37.8 Å². The normalized spacial score (nSPS) is 19.3. The Bertz CT molecular complexity index is 376. The number of benzene rings is 1. The second kappa shape index (κ2) is 6.45. The van der Waals surface area contributed by atoms with Gasteiger partial charge in [0.1, 0.15) is 11.6 Å². The predicted molar refractivity (Wildman–Crippen MR) is 68.5 cm³/mol. The molecular weight excluding hydrogens is 260 g/mol. The van der Waals surface area contributed by atoms with Gasteiger partial charge in [0.15, 0.2) is 0 Å². The quantitative estimate of drug-likeness (QED) is 0.892. The maximum Gasteiger partial charge on any atom is 0.126 e. The zero-order valence-corrected chi connectivity index (χ0v) is 10.8. The first-order valence-corrected chi connectivity index (χ1v) is 5.97. The van der Waals surface area contributed by atoms with Crippen molar-refractivity contribution in [3.05, 3.63) is 35.4 Å². The molecule has 3 N–H and O–H groups in total. The molecule has 1 aromatic rings. The summed E-state index contributed by atoms with van der Waals surface area (Å²) in [5, 5.41) is 10.1. The first-order chi connectivity index (χ1) is 8.08. The average Bonchev–Trinajstić information content (AvgIpc) is 2.79. The Labute approximate surface area is 112 Å². The highest BCUT2D eigenvalue weighted by Gasteiger charge is 2.29. The zero-order chi connectivity index (χ0) is 12.4. The number of hydrogen-bond acceptors (Lipinski definition) is 2. The molecule has 0 aliphatic heterocycles. The average molecular weight is 278 g/mol. The standard InChI is InChI=1S/C13H17F2NO.ClH/c14-10-5-9(6-11(15)7-10)12(16)13(17)8-3-1-2-4-8;/h5-8,12-13,17H,1-4,16H2;1H/t12-,13+;/m1./s1. The van der Waals surface area contributed by atoms with E-state index in [4.69, 9.17) is 5.73 Å². The van der Waals surface area contributed by atoms with Crippen LogP contribution in [0.3, 0.4) is 0 Å². The third-order valence-corrected chi connectivity index (χ3v) is 3.52. The van der Waals surface area contributed by atoms with Crippen LogP contribution in [0.5, 0.6) is 0 Å². The summed E-state index contributed by atoms with van der Waals surface area (Å²) in [6.45, 7) is 0. The fourth-order valence-corrected chi connectivity index (χ4v) is 2.56. The summed E-state index contributed by atoms with van der Waals surface area (Å²) in [5.74, 6) is -1.17. The van der Waals surface area contributed by atoms with Crippen LogP contribution in [0.1, 0.15) is 37.3 Å². The summed E-state index contributed by atoms with van der Waals surface area (Å²) in [4.78, 5) is 0. The molecule has 0 aromatic heterocycles. The Morgan fingerprint density at radius 3 is 2.11 bits per heavy atom. The van der Waals surface area contributed by atoms with E-state index in [-0.39, 0.29) is 18.3 Å². The largest absolute Gasteiger partial charge is 0.391 e. The van der Waals surface area contributed by atoms with Gasteiger partial charge < -0.3 is 10.8 Å². The van der Waals surface area contributed by atoms with E-state index in [2.05, 4.69) is 0 Å². The van der Waals surface area contributed by atoms with Gasteiger partial charge in [0.05, 0.1) is 12.1 Å². The number of nitrogens with two attached hydrogens (primary N) is 1. The molecule has 102 valence electrons. The molecule has 1 aromatic carbocycles. The Morgan fingerprint density at radius 1 is 1.11 bits per heavy atom. The second-order valence-electron chi connectivity index (χ2n) is 4.76. The fraction of sp³-hybridized carbons (Fsp3) is 0.538. The van der Waals surface area contributed by atoms with Crippen molar-refractivity contribution in [1.29, 1.82) is 0 Å². The van der Waals surface area contributed by atoms with E-state index in [0.29, 0.717) is 5.56 Å². The van der Waals surface area contributed by atoms with Gasteiger partial charge >= 0.3 is 0 Å². The molecule has 1 aliphatic rings. The van der Waals surface area contributed by atoms with Crippen molar-refractivity contribution in [1.82, 2.24) is 0 Å². The minimum absolute atomic E-state index is 0. The fourth-order valence-electron chi connectivity index (χ4n) is 2.56. The Balaban J connectivity index is 0.00000162. The van der Waals surface area contributed by atoms with Crippen LogP contribution in [-0.2, 0) is 0 Å². The molecule has 2 atom stereocenters. The highest BCUT2D eigenvalue weighted by atomic mass is 35.5. The molecule has 0 unspecified atom stereocenters. The van der Waals surface area contributed by atoms with Gasteiger partial charge in [0.2, 0.25) is 0 Å². The molecule has 2 rings (SSSR count). The first-order valence-electron chi connectivity index (χ1n) is 5.97. The van der Waals surface area contributed by atoms with Gasteiger partial charge in [0, 0.05) is 6.07 Å². The van der Waals surface area contributed by atoms with Crippen molar-refractivity contribution >= 4 is 12.4 Å². The van der Waals surface area contributed by atoms with Gasteiger partial charge in [-0.05, 0) is 36.5 Å². The van der Waals surface area contributed by atoms with Gasteiger partial charge in [-0.15, -0.1) is 12.4 Å². The molecule has 1 saturated carbocycles. The van der Waals surface area contributed by atoms with Crippen LogP contribution >= 0.6 is 12.4 Å². The van der Waals surface area contributed by atoms with E-state index >= 15 is 0 Å². The summed E-state index contributed by atoms with van der Waals surface area (Å²) in [5.41, 5.74) is 6.19. The van der Waals surface area contributed by atoms with Gasteiger partial charge in [-0.3, -0.25) is 0 Å². The number of halogens is 3. The molecule has 18 heavy (non-hydrogen) atoms. The van der Waals surface area contributed by atoms with Crippen LogP contribution in [0.15, 0.2) is 18.2 Å². The third kappa shape index (κ3) is 3.40. The van der Waals surface area contributed by atoms with Crippen LogP contribution in [-0.4, -0.2) is 11.2 Å². The Hall–Kier alpha value is -0.710. The van der Waals surface area contributed by atoms with Crippen molar-refractivity contribution in [3.63, 3.8) is 0 Å². The summed E-state index contributed by atoms with van der Waals surface area (Å²) in [7, 11) is 0. The summed E-state index contributed by atoms with van der Waals surface area (Å²) in [6.07, 6.45) is 3.33. The molecule has 0 amide bonds. The van der Waals surface area contributed by atoms with Gasteiger partial charge in [-0.25, -0.2) is 8.78 Å². The molecule has 5 heteroatoms. The monoisotopic (exact) mass is 277 g/mol. The van der Waals surface area contributed by atoms with E-state index in [1.54, 1.807) is 0 Å². The lowest BCUT2D eigenvalue weighted by atomic mass is 9.91. The van der Waals surface area contributed by atoms with Crippen LogP contribution in [0.4, 0.5) is 8.78 Å². The molecule has 1 fully saturated rings. The minimum Gasteiger partial charge on any atom is -0.391 e. The highest BCUT2D eigenvalue weighted by molar-refractivity contribution is 5.85. The van der Waals surface area contributed by atoms with Crippen molar-refractivity contribution in [3.8, 4) is 0 Å². The first kappa shape index (κ1) is 15.3. The zero-order valence-electron chi connectivity index (χ0n) is 9.98.